The van der Waals surface area contributed by atoms with Crippen molar-refractivity contribution in [3.63, 3.8) is 0 Å². The number of carbonyl (C=O) groups is 1. The van der Waals surface area contributed by atoms with Crippen LogP contribution in [0.25, 0.3) is 5.52 Å². The van der Waals surface area contributed by atoms with Gasteiger partial charge < -0.3 is 10.1 Å². The molecule has 0 unspecified atom stereocenters. The molecule has 13 nitrogen and oxygen atoms in total. The molecule has 0 saturated heterocycles. The van der Waals surface area contributed by atoms with Gasteiger partial charge in [0.25, 0.3) is 5.69 Å². The second-order valence-corrected chi connectivity index (χ2v) is 7.06. The van der Waals surface area contributed by atoms with Crippen LogP contribution in [0.5, 0.6) is 0 Å². The monoisotopic (exact) mass is 460 g/mol. The maximum Gasteiger partial charge on any atom is 0.354 e. The van der Waals surface area contributed by atoms with E-state index in [2.05, 4.69) is 20.5 Å². The van der Waals surface area contributed by atoms with Crippen LogP contribution in [0.2, 0.25) is 0 Å². The van der Waals surface area contributed by atoms with Gasteiger partial charge in [-0.05, 0) is 24.6 Å². The van der Waals surface area contributed by atoms with Crippen LogP contribution in [0.3, 0.4) is 0 Å². The van der Waals surface area contributed by atoms with Crippen LogP contribution in [0, 0.1) is 27.2 Å². The number of nitro groups is 2. The molecule has 1 aromatic carbocycles. The molecule has 0 spiro atoms. The zero-order valence-corrected chi connectivity index (χ0v) is 17.6. The first-order valence-corrected chi connectivity index (χ1v) is 9.72. The number of rotatable bonds is 7. The smallest absolute Gasteiger partial charge is 0.354 e. The number of ketones is 1. The Morgan fingerprint density at radius 1 is 1.15 bits per heavy atom. The van der Waals surface area contributed by atoms with Gasteiger partial charge >= 0.3 is 5.69 Å². The van der Waals surface area contributed by atoms with Crippen molar-refractivity contribution in [3.8, 4) is 0 Å². The van der Waals surface area contributed by atoms with Crippen molar-refractivity contribution in [1.29, 1.82) is 0 Å². The lowest BCUT2D eigenvalue weighted by Gasteiger charge is -2.04. The van der Waals surface area contributed by atoms with Gasteiger partial charge in [-0.2, -0.15) is 5.10 Å². The lowest BCUT2D eigenvalue weighted by atomic mass is 10.0. The molecule has 3 N–H and O–H groups in total. The summed E-state index contributed by atoms with van der Waals surface area (Å²) in [5.74, 6) is -0.912. The van der Waals surface area contributed by atoms with Gasteiger partial charge in [0.15, 0.2) is 0 Å². The lowest BCUT2D eigenvalue weighted by molar-refractivity contribution is -0.384. The van der Waals surface area contributed by atoms with Gasteiger partial charge in [0.1, 0.15) is 6.33 Å². The number of nitro benzene ring substituents is 1. The van der Waals surface area contributed by atoms with Gasteiger partial charge in [0.2, 0.25) is 17.4 Å². The molecule has 0 radical (unpaired) electrons. The molecule has 0 amide bonds. The number of non-ortho nitro benzene ring substituents is 1. The van der Waals surface area contributed by atoms with Crippen LogP contribution in [-0.4, -0.2) is 36.2 Å². The highest BCUT2D eigenvalue weighted by Crippen LogP contribution is 2.27. The number of carbonyl (C=O) groups excluding carboxylic acids is 1. The van der Waals surface area contributed by atoms with E-state index < -0.39 is 21.3 Å². The first kappa shape index (κ1) is 22.0. The minimum absolute atomic E-state index is 0.161. The maximum absolute atomic E-state index is 13.3. The largest absolute Gasteiger partial charge is 0.378 e. The zero-order valence-electron chi connectivity index (χ0n) is 17.6. The number of hydrazone groups is 1. The van der Waals surface area contributed by atoms with Gasteiger partial charge in [0.05, 0.1) is 27.3 Å². The van der Waals surface area contributed by atoms with Crippen molar-refractivity contribution >= 4 is 40.5 Å². The van der Waals surface area contributed by atoms with Crippen molar-refractivity contribution in [2.24, 2.45) is 5.10 Å². The summed E-state index contributed by atoms with van der Waals surface area (Å²) >= 11 is 0. The summed E-state index contributed by atoms with van der Waals surface area (Å²) in [5.41, 5.74) is 9.56. The van der Waals surface area contributed by atoms with Crippen molar-refractivity contribution in [2.75, 3.05) is 11.2 Å². The number of nitrogens with one attached hydrogen (secondary N) is 1. The number of anilines is 2. The number of hydrogen-bond donors (Lipinski definition) is 2. The lowest BCUT2D eigenvalue weighted by Crippen LogP contribution is -2.07. The number of nitrogens with zero attached hydrogens (tertiary/aromatic N) is 6. The fourth-order valence-corrected chi connectivity index (χ4v) is 3.51. The predicted octanol–water partition coefficient (Wildman–Crippen LogP) is 3.11. The first-order valence-electron chi connectivity index (χ1n) is 9.72. The third-order valence-corrected chi connectivity index (χ3v) is 5.07. The van der Waals surface area contributed by atoms with Crippen molar-refractivity contribution in [1.82, 2.24) is 14.4 Å². The van der Waals surface area contributed by atoms with E-state index in [0.717, 1.165) is 6.33 Å². The van der Waals surface area contributed by atoms with Gasteiger partial charge in [-0.1, -0.05) is 18.2 Å². The zero-order chi connectivity index (χ0) is 24.4. The van der Waals surface area contributed by atoms with Crippen LogP contribution < -0.4 is 11.2 Å². The molecule has 13 heteroatoms. The average Bonchev–Trinajstić information content (AvgIpc) is 3.09. The average molecular weight is 460 g/mol. The summed E-state index contributed by atoms with van der Waals surface area (Å²) in [7, 11) is 0. The Morgan fingerprint density at radius 3 is 2.68 bits per heavy atom. The quantitative estimate of drug-likeness (QED) is 0.181. The van der Waals surface area contributed by atoms with E-state index in [1.807, 2.05) is 0 Å². The molecule has 0 bridgehead atoms. The molecule has 4 rings (SSSR count). The molecule has 0 saturated carbocycles. The minimum Gasteiger partial charge on any atom is -0.378 e. The van der Waals surface area contributed by atoms with Gasteiger partial charge in [-0.15, -0.1) is 0 Å². The Balaban J connectivity index is 1.75. The van der Waals surface area contributed by atoms with Crippen LogP contribution >= 0.6 is 0 Å². The molecule has 4 aromatic rings. The first-order chi connectivity index (χ1) is 16.3. The fourth-order valence-electron chi connectivity index (χ4n) is 3.51. The molecule has 170 valence electrons. The summed E-state index contributed by atoms with van der Waals surface area (Å²) in [6.45, 7) is 1.71. The summed E-state index contributed by atoms with van der Waals surface area (Å²) in [6.07, 6.45) is 4.15. The second kappa shape index (κ2) is 8.74. The van der Waals surface area contributed by atoms with Crippen molar-refractivity contribution in [3.05, 3.63) is 97.6 Å². The molecular formula is C21H16N8O5. The predicted molar refractivity (Wildman–Crippen MR) is 123 cm³/mol. The summed E-state index contributed by atoms with van der Waals surface area (Å²) in [4.78, 5) is 41.8. The van der Waals surface area contributed by atoms with Gasteiger partial charge in [-0.25, -0.2) is 9.97 Å². The Bertz CT molecular complexity index is 1490. The molecule has 3 aromatic heterocycles. The van der Waals surface area contributed by atoms with Gasteiger partial charge in [-0.3, -0.25) is 30.4 Å². The van der Waals surface area contributed by atoms with Gasteiger partial charge in [0, 0.05) is 29.5 Å². The molecule has 0 aliphatic carbocycles. The number of benzene rings is 1. The third-order valence-electron chi connectivity index (χ3n) is 5.07. The second-order valence-electron chi connectivity index (χ2n) is 7.06. The van der Waals surface area contributed by atoms with Crippen LogP contribution in [-0.2, 0) is 0 Å². The number of aromatic nitrogens is 3. The SMILES string of the molecule is Cc1c(C=NNc2ncnc(N)c2[N+](=O)[O-])c2ccccn2c1C(=O)c1cccc([N+](=O)[O-])c1. The van der Waals surface area contributed by atoms with E-state index in [-0.39, 0.29) is 22.9 Å². The third kappa shape index (κ3) is 3.88. The Morgan fingerprint density at radius 2 is 1.94 bits per heavy atom. The van der Waals surface area contributed by atoms with E-state index in [1.54, 1.807) is 35.7 Å². The number of nitrogens with two attached hydrogens (primary N) is 1. The van der Waals surface area contributed by atoms with E-state index in [0.29, 0.717) is 22.3 Å². The minimum atomic E-state index is -0.720. The molecular weight excluding hydrogens is 444 g/mol. The van der Waals surface area contributed by atoms with E-state index in [1.165, 1.54) is 30.5 Å². The molecule has 34 heavy (non-hydrogen) atoms. The Labute approximate surface area is 190 Å². The Kier molecular flexibility index (Phi) is 5.66. The maximum atomic E-state index is 13.3. The van der Waals surface area contributed by atoms with E-state index in [4.69, 9.17) is 5.73 Å². The highest BCUT2D eigenvalue weighted by molar-refractivity contribution is 6.12. The normalized spacial score (nSPS) is 11.1. The number of nitrogen functional groups attached to an aromatic ring is 1. The Hall–Kier alpha value is -5.20. The van der Waals surface area contributed by atoms with Crippen molar-refractivity contribution in [2.45, 2.75) is 6.92 Å². The highest BCUT2D eigenvalue weighted by atomic mass is 16.6. The summed E-state index contributed by atoms with van der Waals surface area (Å²) in [5, 5.41) is 26.4. The number of pyridine rings is 1. The van der Waals surface area contributed by atoms with Crippen LogP contribution in [0.15, 0.2) is 60.1 Å². The number of hydrogen-bond acceptors (Lipinski definition) is 10. The standard InChI is InChI=1S/C21H16N8O5/c1-12-15(10-25-26-21-18(29(33)34)20(22)23-11-24-21)16-7-2-3-8-27(16)17(12)19(30)13-5-4-6-14(9-13)28(31)32/h2-11H,1H3,(H3,22,23,24,26). The molecule has 0 aliphatic rings. The molecule has 3 heterocycles. The molecule has 0 fully saturated rings. The number of fused-ring (bicyclic) bond motifs is 1. The van der Waals surface area contributed by atoms with E-state index >= 15 is 0 Å². The summed E-state index contributed by atoms with van der Waals surface area (Å²) in [6, 6.07) is 10.8. The summed E-state index contributed by atoms with van der Waals surface area (Å²) < 4.78 is 1.66. The molecule has 0 aliphatic heterocycles. The van der Waals surface area contributed by atoms with Crippen LogP contribution in [0.4, 0.5) is 23.0 Å². The molecule has 0 atom stereocenters. The topological polar surface area (TPSA) is 184 Å². The fraction of sp³-hybridized carbons (Fsp3) is 0.0476. The van der Waals surface area contributed by atoms with Crippen molar-refractivity contribution < 1.29 is 14.6 Å². The van der Waals surface area contributed by atoms with Crippen LogP contribution in [0.1, 0.15) is 27.2 Å². The van der Waals surface area contributed by atoms with E-state index in [9.17, 15) is 25.0 Å². The highest BCUT2D eigenvalue weighted by Gasteiger charge is 2.23.